The first-order valence-corrected chi connectivity index (χ1v) is 10.7. The lowest BCUT2D eigenvalue weighted by molar-refractivity contribution is 0.206. The predicted octanol–water partition coefficient (Wildman–Crippen LogP) is 3.64. The van der Waals surface area contributed by atoms with E-state index in [2.05, 4.69) is 35.4 Å². The molecular weight excluding hydrogens is 394 g/mol. The molecular formula is C24H35N3O4. The molecule has 170 valence electrons. The molecule has 0 spiro atoms. The van der Waals surface area contributed by atoms with Crippen molar-refractivity contribution in [3.05, 3.63) is 53.6 Å². The molecule has 2 rings (SSSR count). The fourth-order valence-electron chi connectivity index (χ4n) is 3.58. The molecule has 2 amide bonds. The minimum atomic E-state index is -0.180. The lowest BCUT2D eigenvalue weighted by atomic mass is 10.0. The van der Waals surface area contributed by atoms with Gasteiger partial charge in [0.05, 0.1) is 27.4 Å². The standard InChI is InChI=1S/C24H35N3O4/c1-6-27(7-2)21(19-9-8-10-20(16-19)29-3)17-26-24(28)25-14-13-18-11-12-22(30-4)23(15-18)31-5/h8-12,15-16,21H,6-7,13-14,17H2,1-5H3,(H2,25,26,28). The van der Waals surface area contributed by atoms with E-state index in [4.69, 9.17) is 14.2 Å². The normalized spacial score (nSPS) is 11.7. The molecule has 0 heterocycles. The molecule has 0 saturated heterocycles. The average molecular weight is 430 g/mol. The van der Waals surface area contributed by atoms with E-state index in [0.29, 0.717) is 31.0 Å². The number of carbonyl (C=O) groups is 1. The molecule has 31 heavy (non-hydrogen) atoms. The SMILES string of the molecule is CCN(CC)C(CNC(=O)NCCc1ccc(OC)c(OC)c1)c1cccc(OC)c1. The van der Waals surface area contributed by atoms with Crippen molar-refractivity contribution < 1.29 is 19.0 Å². The third kappa shape index (κ3) is 7.07. The van der Waals surface area contributed by atoms with E-state index in [0.717, 1.165) is 30.0 Å². The molecule has 2 aromatic rings. The van der Waals surface area contributed by atoms with Crippen LogP contribution < -0.4 is 24.8 Å². The van der Waals surface area contributed by atoms with Gasteiger partial charge in [-0.2, -0.15) is 0 Å². The van der Waals surface area contributed by atoms with Gasteiger partial charge in [0.1, 0.15) is 5.75 Å². The van der Waals surface area contributed by atoms with Gasteiger partial charge in [0.25, 0.3) is 0 Å². The zero-order valence-corrected chi connectivity index (χ0v) is 19.2. The lowest BCUT2D eigenvalue weighted by Gasteiger charge is -2.30. The number of likely N-dealkylation sites (N-methyl/N-ethyl adjacent to an activating group) is 1. The Hall–Kier alpha value is -2.93. The molecule has 0 fully saturated rings. The Morgan fingerprint density at radius 3 is 2.32 bits per heavy atom. The van der Waals surface area contributed by atoms with Gasteiger partial charge in [-0.3, -0.25) is 4.90 Å². The number of hydrogen-bond donors (Lipinski definition) is 2. The van der Waals surface area contributed by atoms with Crippen LogP contribution in [0.5, 0.6) is 17.2 Å². The zero-order chi connectivity index (χ0) is 22.6. The third-order valence-electron chi connectivity index (χ3n) is 5.33. The number of amides is 2. The first-order valence-electron chi connectivity index (χ1n) is 10.7. The molecule has 0 saturated carbocycles. The molecule has 0 bridgehead atoms. The van der Waals surface area contributed by atoms with Crippen LogP contribution >= 0.6 is 0 Å². The smallest absolute Gasteiger partial charge is 0.314 e. The number of benzene rings is 2. The molecule has 7 nitrogen and oxygen atoms in total. The van der Waals surface area contributed by atoms with E-state index in [9.17, 15) is 4.79 Å². The van der Waals surface area contributed by atoms with Crippen molar-refractivity contribution in [2.45, 2.75) is 26.3 Å². The number of urea groups is 1. The van der Waals surface area contributed by atoms with Crippen LogP contribution in [0.15, 0.2) is 42.5 Å². The Kier molecular flexibility index (Phi) is 9.97. The molecule has 2 aromatic carbocycles. The van der Waals surface area contributed by atoms with Crippen molar-refractivity contribution in [2.24, 2.45) is 0 Å². The average Bonchev–Trinajstić information content (AvgIpc) is 2.81. The van der Waals surface area contributed by atoms with Crippen LogP contribution in [0.25, 0.3) is 0 Å². The third-order valence-corrected chi connectivity index (χ3v) is 5.33. The lowest BCUT2D eigenvalue weighted by Crippen LogP contribution is -2.42. The minimum absolute atomic E-state index is 0.0710. The summed E-state index contributed by atoms with van der Waals surface area (Å²) in [5.41, 5.74) is 2.18. The number of nitrogens with one attached hydrogen (secondary N) is 2. The van der Waals surface area contributed by atoms with Gasteiger partial charge in [-0.05, 0) is 54.9 Å². The van der Waals surface area contributed by atoms with Gasteiger partial charge in [0.15, 0.2) is 11.5 Å². The van der Waals surface area contributed by atoms with Gasteiger partial charge in [-0.25, -0.2) is 4.79 Å². The number of ether oxygens (including phenoxy) is 3. The van der Waals surface area contributed by atoms with Gasteiger partial charge in [-0.15, -0.1) is 0 Å². The maximum Gasteiger partial charge on any atom is 0.314 e. The van der Waals surface area contributed by atoms with E-state index < -0.39 is 0 Å². The van der Waals surface area contributed by atoms with Crippen LogP contribution in [0.2, 0.25) is 0 Å². The molecule has 2 N–H and O–H groups in total. The molecule has 1 atom stereocenters. The van der Waals surface area contributed by atoms with Gasteiger partial charge in [-0.1, -0.05) is 32.0 Å². The van der Waals surface area contributed by atoms with E-state index in [1.165, 1.54) is 0 Å². The van der Waals surface area contributed by atoms with Crippen molar-refractivity contribution >= 4 is 6.03 Å². The number of hydrogen-bond acceptors (Lipinski definition) is 5. The van der Waals surface area contributed by atoms with E-state index in [1.54, 1.807) is 21.3 Å². The molecule has 0 aliphatic heterocycles. The quantitative estimate of drug-likeness (QED) is 0.539. The second-order valence-electron chi connectivity index (χ2n) is 7.09. The Morgan fingerprint density at radius 1 is 0.935 bits per heavy atom. The fraction of sp³-hybridized carbons (Fsp3) is 0.458. The van der Waals surface area contributed by atoms with Gasteiger partial charge in [0, 0.05) is 13.1 Å². The number of carbonyl (C=O) groups excluding carboxylic acids is 1. The van der Waals surface area contributed by atoms with Crippen LogP contribution in [0.3, 0.4) is 0 Å². The second-order valence-corrected chi connectivity index (χ2v) is 7.09. The summed E-state index contributed by atoms with van der Waals surface area (Å²) in [4.78, 5) is 14.7. The number of nitrogens with zero attached hydrogens (tertiary/aromatic N) is 1. The molecule has 0 radical (unpaired) electrons. The molecule has 1 unspecified atom stereocenters. The summed E-state index contributed by atoms with van der Waals surface area (Å²) in [5.74, 6) is 2.19. The maximum absolute atomic E-state index is 12.4. The van der Waals surface area contributed by atoms with Crippen molar-refractivity contribution in [1.82, 2.24) is 15.5 Å². The summed E-state index contributed by atoms with van der Waals surface area (Å²) in [6.45, 7) is 7.06. The van der Waals surface area contributed by atoms with E-state index >= 15 is 0 Å². The van der Waals surface area contributed by atoms with Crippen LogP contribution in [-0.2, 0) is 6.42 Å². The highest BCUT2D eigenvalue weighted by Gasteiger charge is 2.19. The van der Waals surface area contributed by atoms with Crippen molar-refractivity contribution in [2.75, 3.05) is 47.5 Å². The number of rotatable bonds is 12. The summed E-state index contributed by atoms with van der Waals surface area (Å²) in [6.07, 6.45) is 0.698. The summed E-state index contributed by atoms with van der Waals surface area (Å²) in [7, 11) is 4.89. The van der Waals surface area contributed by atoms with Crippen molar-refractivity contribution in [3.8, 4) is 17.2 Å². The van der Waals surface area contributed by atoms with Gasteiger partial charge < -0.3 is 24.8 Å². The van der Waals surface area contributed by atoms with Gasteiger partial charge in [0.2, 0.25) is 0 Å². The predicted molar refractivity (Wildman–Crippen MR) is 123 cm³/mol. The Balaban J connectivity index is 1.92. The zero-order valence-electron chi connectivity index (χ0n) is 19.2. The van der Waals surface area contributed by atoms with Gasteiger partial charge >= 0.3 is 6.03 Å². The molecule has 0 aliphatic carbocycles. The summed E-state index contributed by atoms with van der Waals surface area (Å²) < 4.78 is 16.0. The minimum Gasteiger partial charge on any atom is -0.497 e. The largest absolute Gasteiger partial charge is 0.497 e. The van der Waals surface area contributed by atoms with Crippen LogP contribution in [-0.4, -0.2) is 58.4 Å². The second kappa shape index (κ2) is 12.7. The first-order chi connectivity index (χ1) is 15.1. The Bertz CT molecular complexity index is 824. The molecule has 0 aliphatic rings. The van der Waals surface area contributed by atoms with Crippen LogP contribution in [0.1, 0.15) is 31.0 Å². The maximum atomic E-state index is 12.4. The Labute approximate surface area is 185 Å². The highest BCUT2D eigenvalue weighted by atomic mass is 16.5. The highest BCUT2D eigenvalue weighted by molar-refractivity contribution is 5.73. The summed E-state index contributed by atoms with van der Waals surface area (Å²) in [5, 5.41) is 5.95. The number of methoxy groups -OCH3 is 3. The fourth-order valence-corrected chi connectivity index (χ4v) is 3.58. The first kappa shape index (κ1) is 24.3. The topological polar surface area (TPSA) is 72.1 Å². The molecule has 0 aromatic heterocycles. The summed E-state index contributed by atoms with van der Waals surface area (Å²) >= 11 is 0. The summed E-state index contributed by atoms with van der Waals surface area (Å²) in [6, 6.07) is 13.7. The van der Waals surface area contributed by atoms with E-state index in [-0.39, 0.29) is 12.1 Å². The van der Waals surface area contributed by atoms with Crippen LogP contribution in [0.4, 0.5) is 4.79 Å². The molecule has 7 heteroatoms. The van der Waals surface area contributed by atoms with E-state index in [1.807, 2.05) is 36.4 Å². The highest BCUT2D eigenvalue weighted by Crippen LogP contribution is 2.27. The van der Waals surface area contributed by atoms with Crippen molar-refractivity contribution in [1.29, 1.82) is 0 Å². The monoisotopic (exact) mass is 429 g/mol. The van der Waals surface area contributed by atoms with Crippen LogP contribution in [0, 0.1) is 0 Å². The Morgan fingerprint density at radius 2 is 1.68 bits per heavy atom. The van der Waals surface area contributed by atoms with Crippen molar-refractivity contribution in [3.63, 3.8) is 0 Å².